The minimum Gasteiger partial charge on any atom is -0.329 e. The van der Waals surface area contributed by atoms with Crippen LogP contribution in [0.3, 0.4) is 0 Å². The maximum absolute atomic E-state index is 6.28. The number of likely N-dealkylation sites (tertiary alicyclic amines) is 1. The Labute approximate surface area is 141 Å². The molecule has 1 aromatic carbocycles. The molecule has 1 unspecified atom stereocenters. The first kappa shape index (κ1) is 15.8. The molecule has 1 saturated carbocycles. The molecule has 3 rings (SSSR count). The summed E-state index contributed by atoms with van der Waals surface area (Å²) in [6.07, 6.45) is 8.23. The number of piperidine rings is 1. The third-order valence-electron chi connectivity index (χ3n) is 5.24. The summed E-state index contributed by atoms with van der Waals surface area (Å²) in [7, 11) is 0. The molecule has 0 bridgehead atoms. The number of halogens is 2. The second-order valence-corrected chi connectivity index (χ2v) is 7.68. The van der Waals surface area contributed by atoms with Gasteiger partial charge in [0.05, 0.1) is 5.02 Å². The number of benzene rings is 1. The fraction of sp³-hybridized carbons (Fsp3) is 0.647. The maximum atomic E-state index is 6.28. The molecule has 3 atom stereocenters. The molecule has 2 nitrogen and oxygen atoms in total. The van der Waals surface area contributed by atoms with Gasteiger partial charge in [-0.15, -0.1) is 0 Å². The Bertz CT molecular complexity index is 492. The summed E-state index contributed by atoms with van der Waals surface area (Å²) in [6.45, 7) is 1.85. The van der Waals surface area contributed by atoms with Crippen LogP contribution in [0.25, 0.3) is 0 Å². The van der Waals surface area contributed by atoms with E-state index in [1.54, 1.807) is 0 Å². The van der Waals surface area contributed by atoms with E-state index in [4.69, 9.17) is 17.3 Å². The van der Waals surface area contributed by atoms with E-state index in [2.05, 4.69) is 33.0 Å². The molecule has 1 saturated heterocycles. The third kappa shape index (κ3) is 3.31. The molecule has 2 fully saturated rings. The third-order valence-corrected chi connectivity index (χ3v) is 6.47. The van der Waals surface area contributed by atoms with Crippen LogP contribution < -0.4 is 5.73 Å². The van der Waals surface area contributed by atoms with Crippen LogP contribution in [-0.4, -0.2) is 24.0 Å². The van der Waals surface area contributed by atoms with E-state index in [1.807, 2.05) is 6.07 Å². The van der Waals surface area contributed by atoms with Gasteiger partial charge in [0, 0.05) is 23.1 Å². The van der Waals surface area contributed by atoms with Crippen molar-refractivity contribution in [3.8, 4) is 0 Å². The Morgan fingerprint density at radius 3 is 2.76 bits per heavy atom. The van der Waals surface area contributed by atoms with Crippen LogP contribution in [0.15, 0.2) is 22.7 Å². The molecule has 0 radical (unpaired) electrons. The second-order valence-electron chi connectivity index (χ2n) is 6.42. The minimum atomic E-state index is 0.307. The predicted molar refractivity (Wildman–Crippen MR) is 92.6 cm³/mol. The monoisotopic (exact) mass is 370 g/mol. The van der Waals surface area contributed by atoms with Gasteiger partial charge in [0.1, 0.15) is 0 Å². The Hall–Kier alpha value is -0.0900. The lowest BCUT2D eigenvalue weighted by molar-refractivity contribution is 0.0276. The van der Waals surface area contributed by atoms with Crippen LogP contribution in [0.4, 0.5) is 0 Å². The van der Waals surface area contributed by atoms with Crippen LogP contribution in [-0.2, 0) is 0 Å². The van der Waals surface area contributed by atoms with Gasteiger partial charge >= 0.3 is 0 Å². The van der Waals surface area contributed by atoms with Crippen molar-refractivity contribution in [1.82, 2.24) is 4.90 Å². The van der Waals surface area contributed by atoms with Crippen molar-refractivity contribution in [1.29, 1.82) is 0 Å². The van der Waals surface area contributed by atoms with Gasteiger partial charge in [-0.1, -0.05) is 30.5 Å². The number of rotatable bonds is 3. The van der Waals surface area contributed by atoms with E-state index in [0.29, 0.717) is 12.6 Å². The van der Waals surface area contributed by atoms with Crippen molar-refractivity contribution in [3.05, 3.63) is 33.3 Å². The van der Waals surface area contributed by atoms with Crippen molar-refractivity contribution >= 4 is 27.5 Å². The summed E-state index contributed by atoms with van der Waals surface area (Å²) in [5, 5.41) is 0.781. The maximum Gasteiger partial charge on any atom is 0.0551 e. The Morgan fingerprint density at radius 1 is 1.24 bits per heavy atom. The minimum absolute atomic E-state index is 0.307. The van der Waals surface area contributed by atoms with Gasteiger partial charge in [0.25, 0.3) is 0 Å². The number of nitrogens with two attached hydrogens (primary N) is 1. The standard InChI is InChI=1S/C17H24BrClN2/c18-14-8-7-13(10-15(14)19)17(11-20)21-9-3-5-12-4-1-2-6-16(12)21/h7-8,10,12,16-17H,1-6,9,11,20H2/t12-,16-,17?/m1/s1. The van der Waals surface area contributed by atoms with Gasteiger partial charge in [-0.3, -0.25) is 4.90 Å². The highest BCUT2D eigenvalue weighted by Gasteiger charge is 2.36. The molecule has 0 spiro atoms. The molecule has 2 N–H and O–H groups in total. The normalized spacial score (nSPS) is 28.1. The predicted octanol–water partition coefficient (Wildman–Crippen LogP) is 4.76. The van der Waals surface area contributed by atoms with E-state index in [0.717, 1.165) is 21.5 Å². The van der Waals surface area contributed by atoms with Crippen molar-refractivity contribution in [3.63, 3.8) is 0 Å². The van der Waals surface area contributed by atoms with E-state index in [-0.39, 0.29) is 0 Å². The van der Waals surface area contributed by atoms with E-state index < -0.39 is 0 Å². The van der Waals surface area contributed by atoms with Gasteiger partial charge in [-0.05, 0) is 71.8 Å². The SMILES string of the molecule is NCC(c1ccc(Br)c(Cl)c1)N1CCC[C@H]2CCCC[C@H]21. The number of hydrogen-bond donors (Lipinski definition) is 1. The molecule has 1 heterocycles. The largest absolute Gasteiger partial charge is 0.329 e. The summed E-state index contributed by atoms with van der Waals surface area (Å²) in [6, 6.07) is 7.32. The Morgan fingerprint density at radius 2 is 2.00 bits per heavy atom. The second kappa shape index (κ2) is 6.99. The fourth-order valence-electron chi connectivity index (χ4n) is 4.23. The van der Waals surface area contributed by atoms with Gasteiger partial charge in [0.15, 0.2) is 0 Å². The lowest BCUT2D eigenvalue weighted by atomic mass is 9.77. The zero-order valence-electron chi connectivity index (χ0n) is 12.4. The average Bonchev–Trinajstić information content (AvgIpc) is 2.52. The molecule has 4 heteroatoms. The smallest absolute Gasteiger partial charge is 0.0551 e. The molecule has 21 heavy (non-hydrogen) atoms. The van der Waals surface area contributed by atoms with Gasteiger partial charge < -0.3 is 5.73 Å². The average molecular weight is 372 g/mol. The van der Waals surface area contributed by atoms with Gasteiger partial charge in [0.2, 0.25) is 0 Å². The van der Waals surface area contributed by atoms with Gasteiger partial charge in [-0.25, -0.2) is 0 Å². The summed E-state index contributed by atoms with van der Waals surface area (Å²) >= 11 is 9.76. The van der Waals surface area contributed by atoms with Crippen molar-refractivity contribution < 1.29 is 0 Å². The number of fused-ring (bicyclic) bond motifs is 1. The zero-order chi connectivity index (χ0) is 14.8. The van der Waals surface area contributed by atoms with E-state index in [9.17, 15) is 0 Å². The van der Waals surface area contributed by atoms with Crippen molar-refractivity contribution in [2.24, 2.45) is 11.7 Å². The number of hydrogen-bond acceptors (Lipinski definition) is 2. The molecule has 1 aliphatic carbocycles. The molecular formula is C17H24BrClN2. The van der Waals surface area contributed by atoms with Crippen molar-refractivity contribution in [2.45, 2.75) is 50.6 Å². The summed E-state index contributed by atoms with van der Waals surface area (Å²) in [4.78, 5) is 2.67. The quantitative estimate of drug-likeness (QED) is 0.830. The highest BCUT2D eigenvalue weighted by Crippen LogP contribution is 2.39. The van der Waals surface area contributed by atoms with E-state index in [1.165, 1.54) is 50.6 Å². The highest BCUT2D eigenvalue weighted by atomic mass is 79.9. The lowest BCUT2D eigenvalue weighted by Crippen LogP contribution is -2.49. The molecule has 1 aromatic rings. The fourth-order valence-corrected chi connectivity index (χ4v) is 4.67. The first-order chi connectivity index (χ1) is 10.2. The van der Waals surface area contributed by atoms with Crippen LogP contribution in [0.1, 0.15) is 50.1 Å². The van der Waals surface area contributed by atoms with Crippen LogP contribution >= 0.6 is 27.5 Å². The molecular weight excluding hydrogens is 348 g/mol. The summed E-state index contributed by atoms with van der Waals surface area (Å²) in [5.41, 5.74) is 7.41. The van der Waals surface area contributed by atoms with Crippen LogP contribution in [0.5, 0.6) is 0 Å². The molecule has 2 aliphatic rings. The molecule has 0 aromatic heterocycles. The molecule has 0 amide bonds. The zero-order valence-corrected chi connectivity index (χ0v) is 14.7. The number of nitrogens with zero attached hydrogens (tertiary/aromatic N) is 1. The Balaban J connectivity index is 1.85. The summed E-state index contributed by atoms with van der Waals surface area (Å²) < 4.78 is 0.956. The topological polar surface area (TPSA) is 29.3 Å². The first-order valence-electron chi connectivity index (χ1n) is 8.11. The molecule has 1 aliphatic heterocycles. The summed E-state index contributed by atoms with van der Waals surface area (Å²) in [5.74, 6) is 0.882. The van der Waals surface area contributed by atoms with E-state index >= 15 is 0 Å². The van der Waals surface area contributed by atoms with Crippen LogP contribution in [0.2, 0.25) is 5.02 Å². The van der Waals surface area contributed by atoms with Crippen molar-refractivity contribution in [2.75, 3.05) is 13.1 Å². The molecule has 116 valence electrons. The highest BCUT2D eigenvalue weighted by molar-refractivity contribution is 9.10. The lowest BCUT2D eigenvalue weighted by Gasteiger charge is -2.47. The van der Waals surface area contributed by atoms with Gasteiger partial charge in [-0.2, -0.15) is 0 Å². The van der Waals surface area contributed by atoms with Crippen LogP contribution in [0, 0.1) is 5.92 Å². The first-order valence-corrected chi connectivity index (χ1v) is 9.28. The Kier molecular flexibility index (Phi) is 5.26.